The van der Waals surface area contributed by atoms with Gasteiger partial charge in [-0.25, -0.2) is 0 Å². The summed E-state index contributed by atoms with van der Waals surface area (Å²) < 4.78 is 5.06. The number of esters is 1. The first kappa shape index (κ1) is 8.75. The lowest BCUT2D eigenvalue weighted by Crippen LogP contribution is -2.22. The summed E-state index contributed by atoms with van der Waals surface area (Å²) in [6.07, 6.45) is 1.89. The summed E-state index contributed by atoms with van der Waals surface area (Å²) in [5, 5.41) is 4.05. The van der Waals surface area contributed by atoms with Crippen molar-refractivity contribution < 1.29 is 9.53 Å². The molecule has 1 saturated carbocycles. The summed E-state index contributed by atoms with van der Waals surface area (Å²) in [6, 6.07) is 2.02. The zero-order chi connectivity index (χ0) is 9.31. The second kappa shape index (κ2) is 3.14. The van der Waals surface area contributed by atoms with Crippen molar-refractivity contribution in [1.82, 2.24) is 0 Å². The van der Waals surface area contributed by atoms with Gasteiger partial charge in [0.25, 0.3) is 0 Å². The Kier molecular flexibility index (Phi) is 2.12. The molecule has 0 bridgehead atoms. The summed E-state index contributed by atoms with van der Waals surface area (Å²) in [7, 11) is 0. The highest BCUT2D eigenvalue weighted by Crippen LogP contribution is 2.49. The normalized spacial score (nSPS) is 18.2. The molecular weight excluding hydrogens is 184 g/mol. The molecule has 1 fully saturated rings. The third kappa shape index (κ3) is 1.37. The van der Waals surface area contributed by atoms with Gasteiger partial charge in [0.05, 0.1) is 12.0 Å². The van der Waals surface area contributed by atoms with Crippen molar-refractivity contribution in [3.63, 3.8) is 0 Å². The smallest absolute Gasteiger partial charge is 0.316 e. The minimum absolute atomic E-state index is 0.0478. The van der Waals surface area contributed by atoms with Gasteiger partial charge in [0.1, 0.15) is 0 Å². The van der Waals surface area contributed by atoms with E-state index in [1.165, 1.54) is 0 Å². The molecule has 1 aromatic heterocycles. The molecule has 2 nitrogen and oxygen atoms in total. The Labute approximate surface area is 81.5 Å². The summed E-state index contributed by atoms with van der Waals surface area (Å²) in [4.78, 5) is 11.6. The van der Waals surface area contributed by atoms with E-state index in [2.05, 4.69) is 0 Å². The molecule has 0 saturated heterocycles. The first-order chi connectivity index (χ1) is 6.29. The maximum Gasteiger partial charge on any atom is 0.316 e. The van der Waals surface area contributed by atoms with E-state index in [4.69, 9.17) is 4.74 Å². The molecule has 1 aliphatic carbocycles. The Bertz CT molecular complexity index is 299. The fraction of sp³-hybridized carbons (Fsp3) is 0.500. The van der Waals surface area contributed by atoms with Crippen LogP contribution in [-0.2, 0) is 14.9 Å². The number of ether oxygens (including phenoxy) is 1. The van der Waals surface area contributed by atoms with E-state index < -0.39 is 0 Å². The van der Waals surface area contributed by atoms with Crippen molar-refractivity contribution in [1.29, 1.82) is 0 Å². The van der Waals surface area contributed by atoms with Crippen molar-refractivity contribution in [3.8, 4) is 0 Å². The highest BCUT2D eigenvalue weighted by atomic mass is 32.1. The second-order valence-corrected chi connectivity index (χ2v) is 4.09. The van der Waals surface area contributed by atoms with Crippen molar-refractivity contribution >= 4 is 17.3 Å². The van der Waals surface area contributed by atoms with Crippen LogP contribution in [0.3, 0.4) is 0 Å². The van der Waals surface area contributed by atoms with Crippen LogP contribution in [0.2, 0.25) is 0 Å². The number of hydrogen-bond acceptors (Lipinski definition) is 3. The predicted octanol–water partition coefficient (Wildman–Crippen LogP) is 2.34. The van der Waals surface area contributed by atoms with Crippen LogP contribution in [0, 0.1) is 0 Å². The predicted molar refractivity (Wildman–Crippen MR) is 51.9 cm³/mol. The lowest BCUT2D eigenvalue weighted by Gasteiger charge is -2.11. The average Bonchev–Trinajstić information content (AvgIpc) is 2.76. The van der Waals surface area contributed by atoms with Crippen LogP contribution in [-0.4, -0.2) is 12.6 Å². The standard InChI is InChI=1S/C10H12O2S/c1-2-12-9(11)10(4-5-10)8-3-6-13-7-8/h3,6-7H,2,4-5H2,1H3. The second-order valence-electron chi connectivity index (χ2n) is 3.31. The van der Waals surface area contributed by atoms with Crippen LogP contribution < -0.4 is 0 Å². The summed E-state index contributed by atoms with van der Waals surface area (Å²) in [5.74, 6) is -0.0478. The van der Waals surface area contributed by atoms with Crippen molar-refractivity contribution in [2.75, 3.05) is 6.61 Å². The van der Waals surface area contributed by atoms with Gasteiger partial charge in [0.2, 0.25) is 0 Å². The number of carbonyl (C=O) groups excluding carboxylic acids is 1. The molecule has 0 radical (unpaired) electrons. The molecule has 13 heavy (non-hydrogen) atoms. The molecule has 0 aromatic carbocycles. The Balaban J connectivity index is 2.17. The van der Waals surface area contributed by atoms with Gasteiger partial charge in [-0.2, -0.15) is 11.3 Å². The van der Waals surface area contributed by atoms with Gasteiger partial charge in [-0.3, -0.25) is 4.79 Å². The summed E-state index contributed by atoms with van der Waals surface area (Å²) in [5.41, 5.74) is 0.867. The zero-order valence-electron chi connectivity index (χ0n) is 7.58. The van der Waals surface area contributed by atoms with E-state index >= 15 is 0 Å². The molecule has 1 heterocycles. The molecule has 2 rings (SSSR count). The third-order valence-electron chi connectivity index (χ3n) is 2.49. The van der Waals surface area contributed by atoms with Gasteiger partial charge in [-0.05, 0) is 42.2 Å². The quantitative estimate of drug-likeness (QED) is 0.694. The van der Waals surface area contributed by atoms with E-state index in [-0.39, 0.29) is 11.4 Å². The number of thiophene rings is 1. The number of hydrogen-bond donors (Lipinski definition) is 0. The van der Waals surface area contributed by atoms with Gasteiger partial charge in [0.15, 0.2) is 0 Å². The molecule has 1 aromatic rings. The maximum absolute atomic E-state index is 11.6. The molecule has 0 N–H and O–H groups in total. The molecule has 0 atom stereocenters. The number of rotatable bonds is 3. The fourth-order valence-electron chi connectivity index (χ4n) is 1.54. The molecular formula is C10H12O2S. The van der Waals surface area contributed by atoms with E-state index in [9.17, 15) is 4.79 Å². The van der Waals surface area contributed by atoms with E-state index in [0.29, 0.717) is 6.61 Å². The van der Waals surface area contributed by atoms with Gasteiger partial charge in [-0.1, -0.05) is 0 Å². The van der Waals surface area contributed by atoms with Crippen molar-refractivity contribution in [2.24, 2.45) is 0 Å². The minimum atomic E-state index is -0.268. The third-order valence-corrected chi connectivity index (χ3v) is 3.17. The van der Waals surface area contributed by atoms with E-state index in [0.717, 1.165) is 18.4 Å². The maximum atomic E-state index is 11.6. The lowest BCUT2D eigenvalue weighted by molar-refractivity contribution is -0.146. The molecule has 0 aliphatic heterocycles. The van der Waals surface area contributed by atoms with Crippen LogP contribution >= 0.6 is 11.3 Å². The van der Waals surface area contributed by atoms with Crippen LogP contribution in [0.25, 0.3) is 0 Å². The Morgan fingerprint density at radius 2 is 2.46 bits per heavy atom. The van der Waals surface area contributed by atoms with Gasteiger partial charge in [0, 0.05) is 0 Å². The Hall–Kier alpha value is -0.830. The molecule has 3 heteroatoms. The van der Waals surface area contributed by atoms with E-state index in [1.807, 2.05) is 23.8 Å². The molecule has 1 aliphatic rings. The van der Waals surface area contributed by atoms with E-state index in [1.54, 1.807) is 11.3 Å². The summed E-state index contributed by atoms with van der Waals surface area (Å²) >= 11 is 1.63. The Morgan fingerprint density at radius 1 is 1.69 bits per heavy atom. The zero-order valence-corrected chi connectivity index (χ0v) is 8.39. The van der Waals surface area contributed by atoms with Crippen molar-refractivity contribution in [2.45, 2.75) is 25.2 Å². The highest BCUT2D eigenvalue weighted by Gasteiger charge is 2.52. The van der Waals surface area contributed by atoms with Gasteiger partial charge in [-0.15, -0.1) is 0 Å². The fourth-order valence-corrected chi connectivity index (χ4v) is 2.30. The van der Waals surface area contributed by atoms with Crippen LogP contribution in [0.5, 0.6) is 0 Å². The van der Waals surface area contributed by atoms with Crippen LogP contribution in [0.4, 0.5) is 0 Å². The molecule has 0 amide bonds. The SMILES string of the molecule is CCOC(=O)C1(c2ccsc2)CC1. The average molecular weight is 196 g/mol. The van der Waals surface area contributed by atoms with Gasteiger partial charge >= 0.3 is 5.97 Å². The van der Waals surface area contributed by atoms with Crippen molar-refractivity contribution in [3.05, 3.63) is 22.4 Å². The van der Waals surface area contributed by atoms with Gasteiger partial charge < -0.3 is 4.74 Å². The largest absolute Gasteiger partial charge is 0.465 e. The van der Waals surface area contributed by atoms with Crippen LogP contribution in [0.15, 0.2) is 16.8 Å². The first-order valence-electron chi connectivity index (χ1n) is 4.49. The lowest BCUT2D eigenvalue weighted by atomic mass is 10.00. The topological polar surface area (TPSA) is 26.3 Å². The Morgan fingerprint density at radius 3 is 2.92 bits per heavy atom. The molecule has 0 unspecified atom stereocenters. The molecule has 0 spiro atoms. The molecule has 70 valence electrons. The van der Waals surface area contributed by atoms with Crippen LogP contribution in [0.1, 0.15) is 25.3 Å². The summed E-state index contributed by atoms with van der Waals surface area (Å²) in [6.45, 7) is 2.33. The highest BCUT2D eigenvalue weighted by molar-refractivity contribution is 7.08. The minimum Gasteiger partial charge on any atom is -0.465 e. The first-order valence-corrected chi connectivity index (χ1v) is 5.44. The number of carbonyl (C=O) groups is 1. The monoisotopic (exact) mass is 196 g/mol.